The number of carbonyl (C=O) groups excluding carboxylic acids is 1. The maximum Gasteiger partial charge on any atom is 0.167 e. The predicted molar refractivity (Wildman–Crippen MR) is 73.1 cm³/mol. The van der Waals surface area contributed by atoms with Gasteiger partial charge in [0.25, 0.3) is 0 Å². The van der Waals surface area contributed by atoms with Gasteiger partial charge in [-0.25, -0.2) is 0 Å². The molecule has 4 rings (SSSR count). The molecule has 0 heterocycles. The minimum Gasteiger partial charge on any atom is -0.504 e. The fourth-order valence-corrected chi connectivity index (χ4v) is 3.27. The van der Waals surface area contributed by atoms with Crippen molar-refractivity contribution in [2.24, 2.45) is 0 Å². The van der Waals surface area contributed by atoms with Crippen LogP contribution in [0, 0.1) is 0 Å². The number of hydrogen-bond donors (Lipinski definition) is 2. The Kier molecular flexibility index (Phi) is 2.35. The molecule has 0 amide bonds. The van der Waals surface area contributed by atoms with Gasteiger partial charge >= 0.3 is 0 Å². The van der Waals surface area contributed by atoms with Crippen LogP contribution in [0.25, 0.3) is 21.5 Å². The van der Waals surface area contributed by atoms with Gasteiger partial charge in [0.2, 0.25) is 0 Å². The number of phenols is 4. The highest BCUT2D eigenvalue weighted by atomic mass is 32.2. The number of fused-ring (bicyclic) bond motifs is 2. The van der Waals surface area contributed by atoms with Crippen molar-refractivity contribution in [2.45, 2.75) is 4.90 Å². The second-order valence-electron chi connectivity index (χ2n) is 4.06. The Labute approximate surface area is 107 Å². The zero-order chi connectivity index (χ0) is 12.9. The van der Waals surface area contributed by atoms with Gasteiger partial charge in [-0.15, -0.1) is 11.8 Å². The lowest BCUT2D eigenvalue weighted by atomic mass is 9.93. The number of thioether (sulfide) groups is 1. The van der Waals surface area contributed by atoms with E-state index in [1.165, 1.54) is 11.8 Å². The van der Waals surface area contributed by atoms with Crippen molar-refractivity contribution < 1.29 is 15.0 Å². The van der Waals surface area contributed by atoms with Gasteiger partial charge in [0.15, 0.2) is 17.8 Å². The van der Waals surface area contributed by atoms with Gasteiger partial charge in [-0.2, -0.15) is 0 Å². The second-order valence-corrected chi connectivity index (χ2v) is 4.87. The molecule has 90 valence electrons. The minimum atomic E-state index is -0.205. The van der Waals surface area contributed by atoms with E-state index >= 15 is 0 Å². The van der Waals surface area contributed by atoms with E-state index in [9.17, 15) is 15.0 Å². The summed E-state index contributed by atoms with van der Waals surface area (Å²) in [5.41, 5.74) is 0.450. The van der Waals surface area contributed by atoms with Crippen molar-refractivity contribution in [3.05, 3.63) is 29.8 Å². The van der Waals surface area contributed by atoms with Crippen LogP contribution in [-0.2, 0) is 0 Å². The summed E-state index contributed by atoms with van der Waals surface area (Å²) in [5, 5.41) is 22.7. The van der Waals surface area contributed by atoms with Gasteiger partial charge in [-0.1, -0.05) is 24.3 Å². The van der Waals surface area contributed by atoms with Gasteiger partial charge in [0, 0.05) is 21.2 Å². The zero-order valence-corrected chi connectivity index (χ0v) is 10.4. The molecule has 0 saturated heterocycles. The summed E-state index contributed by atoms with van der Waals surface area (Å²) in [6, 6.07) is 7.44. The summed E-state index contributed by atoms with van der Waals surface area (Å²) < 4.78 is 0. The van der Waals surface area contributed by atoms with E-state index in [1.807, 2.05) is 30.5 Å². The van der Waals surface area contributed by atoms with E-state index < -0.39 is 0 Å². The zero-order valence-electron chi connectivity index (χ0n) is 9.60. The van der Waals surface area contributed by atoms with Crippen molar-refractivity contribution in [2.75, 3.05) is 6.26 Å². The Morgan fingerprint density at radius 2 is 1.61 bits per heavy atom. The number of phenolic OH excluding ortho intramolecular Hbond substituents is 2. The lowest BCUT2D eigenvalue weighted by Gasteiger charge is -2.18. The highest BCUT2D eigenvalue weighted by Gasteiger charge is 2.24. The van der Waals surface area contributed by atoms with Crippen LogP contribution in [0.3, 0.4) is 0 Å². The Morgan fingerprint density at radius 3 is 2.17 bits per heavy atom. The molecule has 4 heteroatoms. The van der Waals surface area contributed by atoms with Crippen LogP contribution < -0.4 is 0 Å². The molecule has 0 fully saturated rings. The van der Waals surface area contributed by atoms with Crippen LogP contribution in [0.5, 0.6) is 11.5 Å². The van der Waals surface area contributed by atoms with Gasteiger partial charge in [0.1, 0.15) is 0 Å². The summed E-state index contributed by atoms with van der Waals surface area (Å²) in [5.74, 6) is -0.345. The molecule has 0 spiro atoms. The Hall–Kier alpha value is -1.94. The van der Waals surface area contributed by atoms with E-state index in [1.54, 1.807) is 0 Å². The second kappa shape index (κ2) is 3.78. The molecule has 2 N–H and O–H groups in total. The Bertz CT molecular complexity index is 764. The van der Waals surface area contributed by atoms with Crippen molar-refractivity contribution >= 4 is 39.6 Å². The van der Waals surface area contributed by atoms with Crippen molar-refractivity contribution in [3.63, 3.8) is 0 Å². The van der Waals surface area contributed by atoms with Crippen LogP contribution >= 0.6 is 11.8 Å². The van der Waals surface area contributed by atoms with E-state index in [-0.39, 0.29) is 11.5 Å². The summed E-state index contributed by atoms with van der Waals surface area (Å²) >= 11 is 1.40. The molecule has 2 bridgehead atoms. The van der Waals surface area contributed by atoms with Gasteiger partial charge in [-0.3, -0.25) is 4.79 Å². The van der Waals surface area contributed by atoms with Crippen molar-refractivity contribution in [1.82, 2.24) is 0 Å². The third-order valence-electron chi connectivity index (χ3n) is 3.23. The first-order valence-corrected chi connectivity index (χ1v) is 6.64. The average molecular weight is 258 g/mol. The van der Waals surface area contributed by atoms with Crippen LogP contribution in [-0.4, -0.2) is 22.8 Å². The highest BCUT2D eigenvalue weighted by molar-refractivity contribution is 7.99. The SMILES string of the molecule is CSc1c(C=O)c2c(O)c(O)c1c1ccccc21. The van der Waals surface area contributed by atoms with Gasteiger partial charge < -0.3 is 10.2 Å². The number of aldehydes is 1. The number of carbonyl (C=O) groups is 1. The van der Waals surface area contributed by atoms with Gasteiger partial charge in [-0.05, 0) is 17.0 Å². The monoisotopic (exact) mass is 258 g/mol. The van der Waals surface area contributed by atoms with E-state index in [0.717, 1.165) is 17.1 Å². The molecule has 0 aliphatic heterocycles. The van der Waals surface area contributed by atoms with Crippen LogP contribution in [0.15, 0.2) is 29.2 Å². The van der Waals surface area contributed by atoms with E-state index in [2.05, 4.69) is 0 Å². The molecule has 4 aromatic carbocycles. The number of rotatable bonds is 2. The fourth-order valence-electron chi connectivity index (χ4n) is 2.49. The lowest BCUT2D eigenvalue weighted by Crippen LogP contribution is -1.95. The Morgan fingerprint density at radius 1 is 1.06 bits per heavy atom. The predicted octanol–water partition coefficient (Wildman–Crippen LogP) is 3.38. The van der Waals surface area contributed by atoms with Crippen molar-refractivity contribution in [1.29, 1.82) is 0 Å². The first-order valence-electron chi connectivity index (χ1n) is 5.41. The number of benzene rings is 4. The molecule has 0 aromatic heterocycles. The summed E-state index contributed by atoms with van der Waals surface area (Å²) in [4.78, 5) is 12.0. The van der Waals surface area contributed by atoms with E-state index in [0.29, 0.717) is 21.2 Å². The first-order chi connectivity index (χ1) is 8.70. The molecule has 0 radical (unpaired) electrons. The molecular formula is C14H10O3S. The molecule has 3 nitrogen and oxygen atoms in total. The largest absolute Gasteiger partial charge is 0.504 e. The molecule has 0 aliphatic carbocycles. The maximum absolute atomic E-state index is 11.3. The molecule has 0 unspecified atom stereocenters. The number of aromatic hydroxyl groups is 2. The molecular weight excluding hydrogens is 248 g/mol. The molecule has 18 heavy (non-hydrogen) atoms. The normalized spacial score (nSPS) is 11.4. The first kappa shape index (κ1) is 11.2. The smallest absolute Gasteiger partial charge is 0.167 e. The maximum atomic E-state index is 11.3. The third-order valence-corrected chi connectivity index (χ3v) is 4.06. The third kappa shape index (κ3) is 1.18. The van der Waals surface area contributed by atoms with Crippen LogP contribution in [0.4, 0.5) is 0 Å². The molecule has 0 saturated carbocycles. The minimum absolute atomic E-state index is 0.140. The van der Waals surface area contributed by atoms with Crippen molar-refractivity contribution in [3.8, 4) is 11.5 Å². The summed E-state index contributed by atoms with van der Waals surface area (Å²) in [6.07, 6.45) is 2.58. The van der Waals surface area contributed by atoms with Crippen LogP contribution in [0.1, 0.15) is 10.4 Å². The molecule has 0 aliphatic rings. The summed E-state index contributed by atoms with van der Waals surface area (Å²) in [6.45, 7) is 0. The molecule has 0 atom stereocenters. The standard InChI is InChI=1S/C14H10O3S/c1-18-14-9(6-15)10-7-4-2-3-5-8(7)11(14)13(17)12(10)16/h2-6,16-17H,1H3. The highest BCUT2D eigenvalue weighted by Crippen LogP contribution is 2.50. The molecule has 4 aromatic rings. The Balaban J connectivity index is 2.72. The fraction of sp³-hybridized carbons (Fsp3) is 0.0714. The van der Waals surface area contributed by atoms with E-state index in [4.69, 9.17) is 0 Å². The average Bonchev–Trinajstić information content (AvgIpc) is 2.41. The topological polar surface area (TPSA) is 57.5 Å². The summed E-state index contributed by atoms with van der Waals surface area (Å²) in [7, 11) is 0. The number of hydrogen-bond acceptors (Lipinski definition) is 4. The lowest BCUT2D eigenvalue weighted by molar-refractivity contribution is 0.112. The quantitative estimate of drug-likeness (QED) is 0.420. The van der Waals surface area contributed by atoms with Crippen LogP contribution in [0.2, 0.25) is 0 Å². The van der Waals surface area contributed by atoms with Gasteiger partial charge in [0.05, 0.1) is 0 Å².